The maximum absolute atomic E-state index is 14.7. The van der Waals surface area contributed by atoms with Crippen molar-refractivity contribution in [2.75, 3.05) is 64.4 Å². The molecule has 19 nitrogen and oxygen atoms in total. The first-order valence-electron chi connectivity index (χ1n) is 29.0. The van der Waals surface area contributed by atoms with E-state index in [1.165, 1.54) is 21.8 Å². The topological polar surface area (TPSA) is 237 Å². The summed E-state index contributed by atoms with van der Waals surface area (Å²) in [6, 6.07) is 12.3. The number of carbonyl (C=O) groups is 6. The fourth-order valence-electron chi connectivity index (χ4n) is 11.7. The van der Waals surface area contributed by atoms with E-state index in [1.54, 1.807) is 37.4 Å². The van der Waals surface area contributed by atoms with Crippen LogP contribution in [0.4, 0.5) is 15.0 Å². The number of hydrogen-bond acceptors (Lipinski definition) is 13. The second-order valence-corrected chi connectivity index (χ2v) is 24.8. The Morgan fingerprint density at radius 1 is 0.938 bits per heavy atom. The number of anilines is 1. The number of primary amides is 1. The van der Waals surface area contributed by atoms with Crippen molar-refractivity contribution in [3.05, 3.63) is 87.9 Å². The van der Waals surface area contributed by atoms with Crippen LogP contribution in [0.15, 0.2) is 54.2 Å². The van der Waals surface area contributed by atoms with Crippen molar-refractivity contribution < 1.29 is 43.0 Å². The summed E-state index contributed by atoms with van der Waals surface area (Å²) in [5.41, 5.74) is 10.3. The number of unbranched alkanes of at least 4 members (excludes halogenated alkanes) is 4. The molecule has 4 aliphatic heterocycles. The van der Waals surface area contributed by atoms with Crippen molar-refractivity contribution in [1.82, 2.24) is 45.2 Å². The molecule has 4 aromatic rings. The number of likely N-dealkylation sites (N-methyl/N-ethyl adjacent to an activating group) is 1. The summed E-state index contributed by atoms with van der Waals surface area (Å²) in [6.07, 6.45) is 9.84. The molecule has 0 spiro atoms. The summed E-state index contributed by atoms with van der Waals surface area (Å²) < 4.78 is 21.1. The van der Waals surface area contributed by atoms with Gasteiger partial charge in [0.05, 0.1) is 46.7 Å². The van der Waals surface area contributed by atoms with Crippen LogP contribution in [0.3, 0.4) is 0 Å². The number of likely N-dealkylation sites (tertiary alicyclic amines) is 2. The Labute approximate surface area is 478 Å². The molecule has 2 aromatic carbocycles. The number of aliphatic hydroxyl groups excluding tert-OH is 1. The van der Waals surface area contributed by atoms with Gasteiger partial charge in [-0.1, -0.05) is 76.4 Å². The summed E-state index contributed by atoms with van der Waals surface area (Å²) in [4.78, 5) is 103. The average Bonchev–Trinajstić information content (AvgIpc) is 3.77. The maximum atomic E-state index is 14.7. The number of amides is 7. The summed E-state index contributed by atoms with van der Waals surface area (Å²) in [5.74, 6) is -0.620. The average molecular weight is 1130 g/mol. The molecule has 0 radical (unpaired) electrons. The lowest BCUT2D eigenvalue weighted by Crippen LogP contribution is -2.59. The number of nitrogens with two attached hydrogens (primary N) is 1. The SMILES string of the molecule is Cc1ncsc1-c1ccc(CNC(=O)[C@@H]2C[C@@H](O)CN2C(=O)[C@@H](NC(=O)C2(F)CC2)C(C)(C)C)c(OCCCCCCCC(=O)N2CCC(c3ccc(Cc4nc(N5CCC[C@@H](N6CCN(C)C6=O)C5)cnc4C(N)=O)cc3)CC2)c1. The van der Waals surface area contributed by atoms with E-state index in [-0.39, 0.29) is 56.0 Å². The first-order valence-corrected chi connectivity index (χ1v) is 29.9. The number of piperidine rings is 2. The molecule has 4 saturated heterocycles. The second-order valence-electron chi connectivity index (χ2n) is 23.9. The number of hydrogen-bond donors (Lipinski definition) is 4. The Hall–Kier alpha value is -6.74. The molecule has 0 bridgehead atoms. The number of β-amino-alcohol motifs (C(OH)–C–C–N with tert-alkyl or cyclic N) is 1. The van der Waals surface area contributed by atoms with Crippen molar-refractivity contribution in [2.24, 2.45) is 11.1 Å². The third-order valence-corrected chi connectivity index (χ3v) is 17.8. The number of benzene rings is 2. The largest absolute Gasteiger partial charge is 0.493 e. The molecule has 0 unspecified atom stereocenters. The molecule has 6 heterocycles. The van der Waals surface area contributed by atoms with Crippen LogP contribution in [0.5, 0.6) is 5.75 Å². The lowest BCUT2D eigenvalue weighted by Gasteiger charge is -2.37. The number of halogens is 1. The third kappa shape index (κ3) is 14.3. The fourth-order valence-corrected chi connectivity index (χ4v) is 12.5. The zero-order valence-electron chi connectivity index (χ0n) is 47.6. The Balaban J connectivity index is 0.703. The molecule has 21 heteroatoms. The Kier molecular flexibility index (Phi) is 18.6. The van der Waals surface area contributed by atoms with Crippen molar-refractivity contribution in [3.63, 3.8) is 0 Å². The van der Waals surface area contributed by atoms with Gasteiger partial charge in [0.2, 0.25) is 17.7 Å². The van der Waals surface area contributed by atoms with Crippen LogP contribution >= 0.6 is 11.3 Å². The van der Waals surface area contributed by atoms with Gasteiger partial charge in [0, 0.05) is 84.2 Å². The first-order chi connectivity index (χ1) is 38.8. The van der Waals surface area contributed by atoms with Crippen LogP contribution < -0.4 is 26.0 Å². The number of carbonyl (C=O) groups excluding carboxylic acids is 6. The minimum Gasteiger partial charge on any atom is -0.493 e. The van der Waals surface area contributed by atoms with Crippen LogP contribution in [-0.4, -0.2) is 165 Å². The molecule has 436 valence electrons. The molecule has 2 aromatic heterocycles. The van der Waals surface area contributed by atoms with Gasteiger partial charge in [0.25, 0.3) is 11.8 Å². The van der Waals surface area contributed by atoms with Gasteiger partial charge in [-0.25, -0.2) is 24.1 Å². The van der Waals surface area contributed by atoms with Gasteiger partial charge >= 0.3 is 6.03 Å². The zero-order chi connectivity index (χ0) is 57.6. The van der Waals surface area contributed by atoms with Gasteiger partial charge in [-0.05, 0) is 92.4 Å². The Morgan fingerprint density at radius 3 is 2.36 bits per heavy atom. The highest BCUT2D eigenvalue weighted by molar-refractivity contribution is 7.13. The van der Waals surface area contributed by atoms with Gasteiger partial charge in [-0.2, -0.15) is 0 Å². The number of nitrogens with zero attached hydrogens (tertiary/aromatic N) is 8. The van der Waals surface area contributed by atoms with Crippen molar-refractivity contribution in [2.45, 2.75) is 160 Å². The number of thiazole rings is 1. The second kappa shape index (κ2) is 25.6. The number of ether oxygens (including phenoxy) is 1. The molecule has 7 amide bonds. The fraction of sp³-hybridized carbons (Fsp3) is 0.583. The molecule has 5 aliphatic rings. The lowest BCUT2D eigenvalue weighted by atomic mass is 9.85. The number of urea groups is 1. The maximum Gasteiger partial charge on any atom is 0.320 e. The van der Waals surface area contributed by atoms with Crippen molar-refractivity contribution in [3.8, 4) is 16.2 Å². The van der Waals surface area contributed by atoms with E-state index in [2.05, 4.69) is 49.8 Å². The number of alkyl halides is 1. The van der Waals surface area contributed by atoms with Gasteiger partial charge < -0.3 is 50.7 Å². The highest BCUT2D eigenvalue weighted by atomic mass is 32.1. The molecule has 81 heavy (non-hydrogen) atoms. The minimum atomic E-state index is -1.98. The Morgan fingerprint density at radius 2 is 1.68 bits per heavy atom. The molecule has 9 rings (SSSR count). The number of rotatable bonds is 22. The summed E-state index contributed by atoms with van der Waals surface area (Å²) >= 11 is 1.53. The van der Waals surface area contributed by atoms with Crippen LogP contribution in [0, 0.1) is 12.3 Å². The lowest BCUT2D eigenvalue weighted by molar-refractivity contribution is -0.145. The minimum absolute atomic E-state index is 0.0245. The van der Waals surface area contributed by atoms with Crippen molar-refractivity contribution >= 4 is 52.7 Å². The monoisotopic (exact) mass is 1130 g/mol. The molecule has 1 aliphatic carbocycles. The summed E-state index contributed by atoms with van der Waals surface area (Å²) in [7, 11) is 1.83. The Bertz CT molecular complexity index is 2920. The van der Waals surface area contributed by atoms with Crippen molar-refractivity contribution in [1.29, 1.82) is 0 Å². The predicted octanol–water partition coefficient (Wildman–Crippen LogP) is 6.67. The van der Waals surface area contributed by atoms with E-state index < -0.39 is 52.9 Å². The molecule has 5 N–H and O–H groups in total. The van der Waals surface area contributed by atoms with Gasteiger partial charge in [-0.15, -0.1) is 11.3 Å². The predicted molar refractivity (Wildman–Crippen MR) is 306 cm³/mol. The van der Waals surface area contributed by atoms with E-state index in [0.29, 0.717) is 68.8 Å². The normalized spacial score (nSPS) is 20.6. The number of aryl methyl sites for hydroxylation is 1. The first kappa shape index (κ1) is 58.9. The highest BCUT2D eigenvalue weighted by Gasteiger charge is 2.53. The van der Waals surface area contributed by atoms with E-state index in [9.17, 15) is 38.3 Å². The van der Waals surface area contributed by atoms with E-state index >= 15 is 0 Å². The quantitative estimate of drug-likeness (QED) is 0.0604. The summed E-state index contributed by atoms with van der Waals surface area (Å²) in [5, 5.41) is 16.2. The van der Waals surface area contributed by atoms with Crippen LogP contribution in [0.2, 0.25) is 0 Å². The standard InChI is InChI=1S/C60H80FN11O8S/c1-38-52(81-37-65-38)42-18-19-43(33-64-55(76)47-32-45(73)36-72(47)56(77)53(59(2,3)4)67-57(78)60(61)22-23-60)48(31-42)80-29-10-8-6-7-9-13-50(74)69-25-20-41(21-26-69)40-16-14-39(15-17-40)30-46-51(54(62)75)63-34-49(66-46)70-24-11-12-44(35-70)71-28-27-68(5)58(71)79/h14-19,31,34,37,41,44-45,47,53,73H,6-13,20-30,32-33,35-36H2,1-5H3,(H2,62,75)(H,64,76)(H,67,78)/t44-,45-,47+,53-/m1/s1. The summed E-state index contributed by atoms with van der Waals surface area (Å²) in [6.45, 7) is 12.0. The molecule has 1 saturated carbocycles. The van der Waals surface area contributed by atoms with Gasteiger partial charge in [0.15, 0.2) is 5.67 Å². The molecule has 4 atom stereocenters. The number of aromatic nitrogens is 3. The van der Waals surface area contributed by atoms with Gasteiger partial charge in [0.1, 0.15) is 29.3 Å². The van der Waals surface area contributed by atoms with Crippen LogP contribution in [0.1, 0.15) is 149 Å². The number of nitrogens with one attached hydrogen (secondary N) is 2. The van der Waals surface area contributed by atoms with Gasteiger partial charge in [-0.3, -0.25) is 24.0 Å². The molecular formula is C60H80FN11O8S. The molecule has 5 fully saturated rings. The molecular weight excluding hydrogens is 1050 g/mol. The van der Waals surface area contributed by atoms with Crippen LogP contribution in [-0.2, 0) is 32.1 Å². The third-order valence-electron chi connectivity index (χ3n) is 16.8. The van der Waals surface area contributed by atoms with E-state index in [0.717, 1.165) is 98.1 Å². The highest BCUT2D eigenvalue weighted by Crippen LogP contribution is 2.41. The van der Waals surface area contributed by atoms with Crippen LogP contribution in [0.25, 0.3) is 10.4 Å². The van der Waals surface area contributed by atoms with E-state index in [4.69, 9.17) is 15.5 Å². The number of aliphatic hydroxyl groups is 1. The van der Waals surface area contributed by atoms with E-state index in [1.807, 2.05) is 42.0 Å². The smallest absolute Gasteiger partial charge is 0.320 e. The zero-order valence-corrected chi connectivity index (χ0v) is 48.4.